The van der Waals surface area contributed by atoms with E-state index in [1.165, 1.54) is 30.6 Å². The molecule has 0 amide bonds. The van der Waals surface area contributed by atoms with E-state index in [-0.39, 0.29) is 6.04 Å². The van der Waals surface area contributed by atoms with Crippen molar-refractivity contribution in [3.8, 4) is 0 Å². The van der Waals surface area contributed by atoms with E-state index in [1.807, 2.05) is 6.07 Å². The lowest BCUT2D eigenvalue weighted by molar-refractivity contribution is 0.255. The van der Waals surface area contributed by atoms with Crippen molar-refractivity contribution in [2.45, 2.75) is 31.7 Å². The molecule has 2 nitrogen and oxygen atoms in total. The molecule has 1 aromatic heterocycles. The van der Waals surface area contributed by atoms with Gasteiger partial charge in [-0.05, 0) is 48.5 Å². The molecule has 88 valence electrons. The van der Waals surface area contributed by atoms with Crippen molar-refractivity contribution in [3.63, 3.8) is 0 Å². The molecular formula is C12H17ClN2S. The molecule has 3 N–H and O–H groups in total. The minimum Gasteiger partial charge on any atom is -0.271 e. The van der Waals surface area contributed by atoms with Gasteiger partial charge in [0.05, 0.1) is 11.1 Å². The zero-order valence-electron chi connectivity index (χ0n) is 9.16. The Morgan fingerprint density at radius 1 is 1.44 bits per heavy atom. The summed E-state index contributed by atoms with van der Waals surface area (Å²) in [7, 11) is 0. The van der Waals surface area contributed by atoms with Gasteiger partial charge in [-0.2, -0.15) is 0 Å². The van der Waals surface area contributed by atoms with E-state index < -0.39 is 0 Å². The van der Waals surface area contributed by atoms with Gasteiger partial charge in [-0.25, -0.2) is 0 Å². The summed E-state index contributed by atoms with van der Waals surface area (Å²) in [6, 6.07) is 2.24. The SMILES string of the molecule is NNC(c1sccc1Cl)C1CC2CCC1C2. The number of nitrogens with two attached hydrogens (primary N) is 1. The first-order valence-electron chi connectivity index (χ1n) is 5.98. The van der Waals surface area contributed by atoms with Crippen LogP contribution in [0.1, 0.15) is 36.6 Å². The normalized spacial score (nSPS) is 34.5. The summed E-state index contributed by atoms with van der Waals surface area (Å²) >= 11 is 7.93. The van der Waals surface area contributed by atoms with E-state index in [2.05, 4.69) is 10.8 Å². The summed E-state index contributed by atoms with van der Waals surface area (Å²) in [5.41, 5.74) is 3.00. The molecule has 2 fully saturated rings. The van der Waals surface area contributed by atoms with Crippen molar-refractivity contribution in [3.05, 3.63) is 21.3 Å². The average Bonchev–Trinajstić information content (AvgIpc) is 2.97. The first-order chi connectivity index (χ1) is 7.79. The van der Waals surface area contributed by atoms with E-state index in [1.54, 1.807) is 11.3 Å². The molecule has 2 bridgehead atoms. The molecule has 1 heterocycles. The van der Waals surface area contributed by atoms with Gasteiger partial charge in [0.25, 0.3) is 0 Å². The molecule has 4 heteroatoms. The quantitative estimate of drug-likeness (QED) is 0.643. The Hall–Kier alpha value is -0.0900. The number of nitrogens with one attached hydrogen (secondary N) is 1. The lowest BCUT2D eigenvalue weighted by Crippen LogP contribution is -2.35. The Bertz CT molecular complexity index is 379. The number of rotatable bonds is 3. The number of hydrogen-bond acceptors (Lipinski definition) is 3. The molecule has 2 aliphatic rings. The lowest BCUT2D eigenvalue weighted by Gasteiger charge is -2.29. The predicted molar refractivity (Wildman–Crippen MR) is 68.3 cm³/mol. The average molecular weight is 257 g/mol. The zero-order valence-corrected chi connectivity index (χ0v) is 10.7. The second kappa shape index (κ2) is 4.30. The van der Waals surface area contributed by atoms with Gasteiger partial charge in [0, 0.05) is 4.88 Å². The van der Waals surface area contributed by atoms with Crippen LogP contribution in [0.4, 0.5) is 0 Å². The van der Waals surface area contributed by atoms with E-state index >= 15 is 0 Å². The van der Waals surface area contributed by atoms with Crippen LogP contribution in [0.2, 0.25) is 5.02 Å². The Balaban J connectivity index is 1.84. The maximum absolute atomic E-state index is 6.21. The highest BCUT2D eigenvalue weighted by atomic mass is 35.5. The standard InChI is InChI=1S/C12H17ClN2S/c13-10-3-4-16-12(10)11(15-14)9-6-7-1-2-8(9)5-7/h3-4,7-9,11,15H,1-2,5-6,14H2. The van der Waals surface area contributed by atoms with Crippen LogP contribution in [0.25, 0.3) is 0 Å². The number of hydrogen-bond donors (Lipinski definition) is 2. The smallest absolute Gasteiger partial charge is 0.0599 e. The molecule has 0 radical (unpaired) electrons. The molecule has 0 aliphatic heterocycles. The fourth-order valence-corrected chi connectivity index (χ4v) is 4.93. The van der Waals surface area contributed by atoms with Gasteiger partial charge in [0.1, 0.15) is 0 Å². The van der Waals surface area contributed by atoms with Gasteiger partial charge in [-0.3, -0.25) is 11.3 Å². The molecule has 0 spiro atoms. The van der Waals surface area contributed by atoms with Crippen LogP contribution in [-0.2, 0) is 0 Å². The Kier molecular flexibility index (Phi) is 2.96. The van der Waals surface area contributed by atoms with Gasteiger partial charge in [-0.1, -0.05) is 18.0 Å². The molecule has 4 atom stereocenters. The third kappa shape index (κ3) is 1.70. The zero-order chi connectivity index (χ0) is 11.1. The fourth-order valence-electron chi connectivity index (χ4n) is 3.62. The highest BCUT2D eigenvalue weighted by Crippen LogP contribution is 2.53. The molecular weight excluding hydrogens is 240 g/mol. The van der Waals surface area contributed by atoms with Gasteiger partial charge in [0.15, 0.2) is 0 Å². The number of thiophene rings is 1. The van der Waals surface area contributed by atoms with Crippen LogP contribution in [0.3, 0.4) is 0 Å². The summed E-state index contributed by atoms with van der Waals surface area (Å²) in [6.45, 7) is 0. The van der Waals surface area contributed by atoms with Crippen molar-refractivity contribution >= 4 is 22.9 Å². The van der Waals surface area contributed by atoms with Gasteiger partial charge >= 0.3 is 0 Å². The van der Waals surface area contributed by atoms with Crippen LogP contribution in [0.5, 0.6) is 0 Å². The largest absolute Gasteiger partial charge is 0.271 e. The lowest BCUT2D eigenvalue weighted by atomic mass is 9.83. The highest BCUT2D eigenvalue weighted by molar-refractivity contribution is 7.10. The van der Waals surface area contributed by atoms with Crippen molar-refractivity contribution in [2.24, 2.45) is 23.6 Å². The second-order valence-electron chi connectivity index (χ2n) is 5.12. The molecule has 4 unspecified atom stereocenters. The van der Waals surface area contributed by atoms with E-state index in [9.17, 15) is 0 Å². The molecule has 0 saturated heterocycles. The van der Waals surface area contributed by atoms with Crippen molar-refractivity contribution < 1.29 is 0 Å². The molecule has 16 heavy (non-hydrogen) atoms. The first kappa shape index (κ1) is 11.0. The molecule has 3 rings (SSSR count). The summed E-state index contributed by atoms with van der Waals surface area (Å²) < 4.78 is 0. The van der Waals surface area contributed by atoms with Crippen molar-refractivity contribution in [2.75, 3.05) is 0 Å². The minimum absolute atomic E-state index is 0.266. The number of halogens is 1. The summed E-state index contributed by atoms with van der Waals surface area (Å²) in [6.07, 6.45) is 5.55. The number of fused-ring (bicyclic) bond motifs is 2. The van der Waals surface area contributed by atoms with Gasteiger partial charge < -0.3 is 0 Å². The van der Waals surface area contributed by atoms with Crippen LogP contribution in [0.15, 0.2) is 11.4 Å². The maximum Gasteiger partial charge on any atom is 0.0599 e. The third-order valence-corrected chi connectivity index (χ3v) is 5.77. The fraction of sp³-hybridized carbons (Fsp3) is 0.667. The van der Waals surface area contributed by atoms with Crippen LogP contribution in [-0.4, -0.2) is 0 Å². The summed E-state index contributed by atoms with van der Waals surface area (Å²) in [5.74, 6) is 8.25. The van der Waals surface area contributed by atoms with Crippen LogP contribution in [0, 0.1) is 17.8 Å². The predicted octanol–water partition coefficient (Wildman–Crippen LogP) is 3.34. The Labute approximate surface area is 105 Å². The van der Waals surface area contributed by atoms with Gasteiger partial charge in [0.2, 0.25) is 0 Å². The minimum atomic E-state index is 0.266. The van der Waals surface area contributed by atoms with E-state index in [0.717, 1.165) is 16.9 Å². The second-order valence-corrected chi connectivity index (χ2v) is 6.47. The summed E-state index contributed by atoms with van der Waals surface area (Å²) in [4.78, 5) is 1.22. The van der Waals surface area contributed by atoms with Crippen LogP contribution >= 0.6 is 22.9 Å². The Morgan fingerprint density at radius 2 is 2.31 bits per heavy atom. The van der Waals surface area contributed by atoms with Crippen LogP contribution < -0.4 is 11.3 Å². The van der Waals surface area contributed by atoms with Gasteiger partial charge in [-0.15, -0.1) is 11.3 Å². The first-order valence-corrected chi connectivity index (χ1v) is 7.24. The third-order valence-electron chi connectivity index (χ3n) is 4.33. The molecule has 2 aliphatic carbocycles. The van der Waals surface area contributed by atoms with E-state index in [0.29, 0.717) is 5.92 Å². The monoisotopic (exact) mass is 256 g/mol. The van der Waals surface area contributed by atoms with E-state index in [4.69, 9.17) is 17.4 Å². The molecule has 1 aromatic rings. The molecule has 0 aromatic carbocycles. The summed E-state index contributed by atoms with van der Waals surface area (Å²) in [5, 5.41) is 2.92. The molecule has 2 saturated carbocycles. The van der Waals surface area contributed by atoms with Crippen molar-refractivity contribution in [1.82, 2.24) is 5.43 Å². The Morgan fingerprint density at radius 3 is 2.81 bits per heavy atom. The maximum atomic E-state index is 6.21. The highest BCUT2D eigenvalue weighted by Gasteiger charge is 2.43. The number of hydrazine groups is 1. The van der Waals surface area contributed by atoms with Crippen molar-refractivity contribution in [1.29, 1.82) is 0 Å². The topological polar surface area (TPSA) is 38.0 Å².